The first-order valence-electron chi connectivity index (χ1n) is 6.17. The van der Waals surface area contributed by atoms with Crippen LogP contribution in [0, 0.1) is 10.1 Å². The quantitative estimate of drug-likeness (QED) is 0.515. The Morgan fingerprint density at radius 1 is 1.20 bits per heavy atom. The highest BCUT2D eigenvalue weighted by atomic mass is 16.6. The normalized spacial score (nSPS) is 10.8. The fourth-order valence-electron chi connectivity index (χ4n) is 1.75. The number of nitrogens with zero attached hydrogens (tertiary/aromatic N) is 2. The number of nitro benzene ring substituents is 1. The molecular formula is C15H14N2O3. The van der Waals surface area contributed by atoms with E-state index in [9.17, 15) is 10.1 Å². The number of rotatable bonds is 5. The van der Waals surface area contributed by atoms with E-state index < -0.39 is 4.92 Å². The van der Waals surface area contributed by atoms with E-state index in [1.54, 1.807) is 18.3 Å². The van der Waals surface area contributed by atoms with Crippen LogP contribution in [0.5, 0.6) is 0 Å². The molecule has 0 heterocycles. The van der Waals surface area contributed by atoms with Gasteiger partial charge in [0.2, 0.25) is 0 Å². The standard InChI is InChI=1S/C15H14N2O3/c18-9-8-12-4-6-14(7-5-12)16-11-13-2-1-3-15(10-13)17(19)20/h1-7,10-11,18H,8-9H2. The number of aliphatic imine (C=N–C) groups is 1. The van der Waals surface area contributed by atoms with Gasteiger partial charge in [0.05, 0.1) is 10.6 Å². The first-order chi connectivity index (χ1) is 9.69. The maximum Gasteiger partial charge on any atom is 0.270 e. The van der Waals surface area contributed by atoms with Crippen molar-refractivity contribution in [3.63, 3.8) is 0 Å². The molecule has 0 aliphatic heterocycles. The molecule has 0 unspecified atom stereocenters. The van der Waals surface area contributed by atoms with Crippen LogP contribution in [0.2, 0.25) is 0 Å². The van der Waals surface area contributed by atoms with Crippen molar-refractivity contribution in [2.75, 3.05) is 6.61 Å². The molecule has 5 nitrogen and oxygen atoms in total. The molecule has 0 saturated carbocycles. The summed E-state index contributed by atoms with van der Waals surface area (Å²) in [5, 5.41) is 19.5. The fraction of sp³-hybridized carbons (Fsp3) is 0.133. The molecule has 0 aliphatic rings. The molecule has 2 rings (SSSR count). The molecule has 0 aromatic heterocycles. The average Bonchev–Trinajstić information content (AvgIpc) is 2.47. The van der Waals surface area contributed by atoms with E-state index in [1.807, 2.05) is 24.3 Å². The summed E-state index contributed by atoms with van der Waals surface area (Å²) >= 11 is 0. The Hall–Kier alpha value is -2.53. The summed E-state index contributed by atoms with van der Waals surface area (Å²) in [5.41, 5.74) is 2.53. The van der Waals surface area contributed by atoms with Crippen LogP contribution in [0.4, 0.5) is 11.4 Å². The van der Waals surface area contributed by atoms with Gasteiger partial charge in [-0.1, -0.05) is 24.3 Å². The number of nitro groups is 1. The highest BCUT2D eigenvalue weighted by Crippen LogP contribution is 2.15. The van der Waals surface area contributed by atoms with Crippen molar-refractivity contribution in [2.45, 2.75) is 6.42 Å². The van der Waals surface area contributed by atoms with Crippen LogP contribution in [-0.2, 0) is 6.42 Å². The van der Waals surface area contributed by atoms with Crippen LogP contribution >= 0.6 is 0 Å². The zero-order valence-electron chi connectivity index (χ0n) is 10.8. The number of aliphatic hydroxyl groups excluding tert-OH is 1. The Kier molecular flexibility index (Phi) is 4.57. The summed E-state index contributed by atoms with van der Waals surface area (Å²) in [4.78, 5) is 14.5. The summed E-state index contributed by atoms with van der Waals surface area (Å²) < 4.78 is 0. The molecular weight excluding hydrogens is 256 g/mol. The van der Waals surface area contributed by atoms with Gasteiger partial charge in [-0.3, -0.25) is 15.1 Å². The summed E-state index contributed by atoms with van der Waals surface area (Å²) in [7, 11) is 0. The Balaban J connectivity index is 2.12. The number of hydrogen-bond donors (Lipinski definition) is 1. The molecule has 5 heteroatoms. The predicted molar refractivity (Wildman–Crippen MR) is 77.6 cm³/mol. The van der Waals surface area contributed by atoms with Crippen LogP contribution < -0.4 is 0 Å². The van der Waals surface area contributed by atoms with Gasteiger partial charge in [0.1, 0.15) is 0 Å². The van der Waals surface area contributed by atoms with Gasteiger partial charge in [0.25, 0.3) is 5.69 Å². The Labute approximate surface area is 116 Å². The minimum Gasteiger partial charge on any atom is -0.396 e. The number of hydrogen-bond acceptors (Lipinski definition) is 4. The molecule has 102 valence electrons. The highest BCUT2D eigenvalue weighted by Gasteiger charge is 2.03. The molecule has 2 aromatic carbocycles. The summed E-state index contributed by atoms with van der Waals surface area (Å²) in [6.07, 6.45) is 2.21. The molecule has 0 atom stereocenters. The molecule has 0 amide bonds. The van der Waals surface area contributed by atoms with Crippen LogP contribution in [0.15, 0.2) is 53.5 Å². The lowest BCUT2D eigenvalue weighted by molar-refractivity contribution is -0.384. The summed E-state index contributed by atoms with van der Waals surface area (Å²) in [6, 6.07) is 13.8. The number of aliphatic hydroxyl groups is 1. The van der Waals surface area contributed by atoms with Crippen LogP contribution in [0.1, 0.15) is 11.1 Å². The van der Waals surface area contributed by atoms with Gasteiger partial charge in [0.15, 0.2) is 0 Å². The van der Waals surface area contributed by atoms with E-state index in [4.69, 9.17) is 5.11 Å². The first-order valence-corrected chi connectivity index (χ1v) is 6.17. The van der Waals surface area contributed by atoms with Crippen molar-refractivity contribution in [1.29, 1.82) is 0 Å². The lowest BCUT2D eigenvalue weighted by atomic mass is 10.1. The zero-order valence-corrected chi connectivity index (χ0v) is 10.8. The number of benzene rings is 2. The molecule has 0 aliphatic carbocycles. The molecule has 0 saturated heterocycles. The van der Waals surface area contributed by atoms with E-state index >= 15 is 0 Å². The van der Waals surface area contributed by atoms with E-state index in [0.717, 1.165) is 11.3 Å². The molecule has 0 spiro atoms. The molecule has 1 N–H and O–H groups in total. The lowest BCUT2D eigenvalue weighted by Gasteiger charge is -1.99. The minimum atomic E-state index is -0.430. The molecule has 0 radical (unpaired) electrons. The third-order valence-electron chi connectivity index (χ3n) is 2.78. The van der Waals surface area contributed by atoms with E-state index in [2.05, 4.69) is 4.99 Å². The molecule has 2 aromatic rings. The highest BCUT2D eigenvalue weighted by molar-refractivity contribution is 5.82. The van der Waals surface area contributed by atoms with Crippen LogP contribution in [0.25, 0.3) is 0 Å². The second-order valence-corrected chi connectivity index (χ2v) is 4.25. The third kappa shape index (κ3) is 3.73. The van der Waals surface area contributed by atoms with Crippen LogP contribution in [0.3, 0.4) is 0 Å². The largest absolute Gasteiger partial charge is 0.396 e. The fourth-order valence-corrected chi connectivity index (χ4v) is 1.75. The van der Waals surface area contributed by atoms with E-state index in [-0.39, 0.29) is 12.3 Å². The molecule has 0 bridgehead atoms. The Morgan fingerprint density at radius 2 is 1.95 bits per heavy atom. The van der Waals surface area contributed by atoms with Gasteiger partial charge >= 0.3 is 0 Å². The van der Waals surface area contributed by atoms with Crippen molar-refractivity contribution >= 4 is 17.6 Å². The first kappa shape index (κ1) is 13.9. The van der Waals surface area contributed by atoms with E-state index in [0.29, 0.717) is 12.0 Å². The second-order valence-electron chi connectivity index (χ2n) is 4.25. The maximum absolute atomic E-state index is 10.7. The Bertz CT molecular complexity index is 621. The molecule has 0 fully saturated rings. The van der Waals surface area contributed by atoms with Gasteiger partial charge in [-0.25, -0.2) is 0 Å². The van der Waals surface area contributed by atoms with Gasteiger partial charge in [-0.2, -0.15) is 0 Å². The van der Waals surface area contributed by atoms with Crippen LogP contribution in [-0.4, -0.2) is 22.9 Å². The van der Waals surface area contributed by atoms with Crippen molar-refractivity contribution in [2.24, 2.45) is 4.99 Å². The monoisotopic (exact) mass is 270 g/mol. The predicted octanol–water partition coefficient (Wildman–Crippen LogP) is 2.88. The van der Waals surface area contributed by atoms with Crippen molar-refractivity contribution < 1.29 is 10.0 Å². The van der Waals surface area contributed by atoms with Crippen molar-refractivity contribution in [1.82, 2.24) is 0 Å². The summed E-state index contributed by atoms with van der Waals surface area (Å²) in [6.45, 7) is 0.121. The average molecular weight is 270 g/mol. The topological polar surface area (TPSA) is 75.7 Å². The lowest BCUT2D eigenvalue weighted by Crippen LogP contribution is -1.90. The van der Waals surface area contributed by atoms with E-state index in [1.165, 1.54) is 12.1 Å². The van der Waals surface area contributed by atoms with Crippen molar-refractivity contribution in [3.05, 3.63) is 69.8 Å². The maximum atomic E-state index is 10.7. The van der Waals surface area contributed by atoms with Gasteiger partial charge in [0, 0.05) is 25.0 Å². The van der Waals surface area contributed by atoms with Crippen molar-refractivity contribution in [3.8, 4) is 0 Å². The van der Waals surface area contributed by atoms with Gasteiger partial charge in [-0.15, -0.1) is 0 Å². The minimum absolute atomic E-state index is 0.0484. The zero-order chi connectivity index (χ0) is 14.4. The second kappa shape index (κ2) is 6.58. The third-order valence-corrected chi connectivity index (χ3v) is 2.78. The van der Waals surface area contributed by atoms with Gasteiger partial charge < -0.3 is 5.11 Å². The number of non-ortho nitro benzene ring substituents is 1. The smallest absolute Gasteiger partial charge is 0.270 e. The van der Waals surface area contributed by atoms with Gasteiger partial charge in [-0.05, 0) is 29.7 Å². The Morgan fingerprint density at radius 3 is 2.60 bits per heavy atom. The summed E-state index contributed by atoms with van der Waals surface area (Å²) in [5.74, 6) is 0. The SMILES string of the molecule is O=[N+]([O-])c1cccc(C=Nc2ccc(CCO)cc2)c1. The molecule has 20 heavy (non-hydrogen) atoms.